The second kappa shape index (κ2) is 6.58. The molecule has 0 radical (unpaired) electrons. The number of fused-ring (bicyclic) bond motifs is 1. The fraction of sp³-hybridized carbons (Fsp3) is 0.850. The Hall–Kier alpha value is -1.84. The molecule has 4 fully saturated rings. The third-order valence-electron chi connectivity index (χ3n) is 7.55. The van der Waals surface area contributed by atoms with Crippen molar-refractivity contribution in [2.45, 2.75) is 76.4 Å². The maximum Gasteiger partial charge on any atom is 0.471 e. The Bertz CT molecular complexity index is 776. The summed E-state index contributed by atoms with van der Waals surface area (Å²) in [6.45, 7) is 5.67. The molecular formula is C20H28F3N3O4. The van der Waals surface area contributed by atoms with E-state index in [1.165, 1.54) is 11.8 Å². The number of carbonyl (C=O) groups excluding carboxylic acids is 3. The van der Waals surface area contributed by atoms with Crippen molar-refractivity contribution in [2.24, 2.45) is 28.9 Å². The third-order valence-corrected chi connectivity index (χ3v) is 7.55. The first kappa shape index (κ1) is 21.4. The highest BCUT2D eigenvalue weighted by molar-refractivity contribution is 5.94. The minimum absolute atomic E-state index is 0.0513. The number of rotatable bonds is 7. The van der Waals surface area contributed by atoms with E-state index in [1.54, 1.807) is 0 Å². The largest absolute Gasteiger partial charge is 0.471 e. The molecule has 0 aromatic heterocycles. The summed E-state index contributed by atoms with van der Waals surface area (Å²) in [6, 6.07) is -2.44. The summed E-state index contributed by atoms with van der Waals surface area (Å²) in [5.74, 6) is -3.36. The van der Waals surface area contributed by atoms with Crippen LogP contribution < -0.4 is 11.1 Å². The monoisotopic (exact) mass is 431 g/mol. The molecule has 168 valence electrons. The number of amides is 3. The molecule has 10 heteroatoms. The number of nitrogens with zero attached hydrogens (tertiary/aromatic N) is 1. The van der Waals surface area contributed by atoms with Crippen molar-refractivity contribution < 1.29 is 32.3 Å². The van der Waals surface area contributed by atoms with Crippen LogP contribution in [0.2, 0.25) is 0 Å². The molecule has 5 atom stereocenters. The van der Waals surface area contributed by atoms with Gasteiger partial charge in [0.1, 0.15) is 12.1 Å². The number of nitrogens with two attached hydrogens (primary N) is 1. The molecule has 3 saturated carbocycles. The van der Waals surface area contributed by atoms with Crippen LogP contribution in [0.25, 0.3) is 0 Å². The Morgan fingerprint density at radius 1 is 1.20 bits per heavy atom. The number of ether oxygens (including phenoxy) is 1. The molecule has 0 bridgehead atoms. The standard InChI is InChI=1S/C20H28F3N3O4/c1-9(30-19(6-7-19)10-4-5-10)13(25-17(29)20(21,22)23)16(28)26-8-11-12(18(11,2)3)14(26)15(24)27/h9-14H,4-8H2,1-3H3,(H2,24,27)(H,25,29)/t9-,11?,12?,13+,14?/m1/s1. The maximum absolute atomic E-state index is 13.3. The SMILES string of the molecule is C[C@@H](OC1(C2CC2)CC1)[C@H](NC(=O)C(F)(F)F)C(=O)N1CC2C(C1C(N)=O)C2(C)C. The predicted octanol–water partition coefficient (Wildman–Crippen LogP) is 1.35. The lowest BCUT2D eigenvalue weighted by molar-refractivity contribution is -0.177. The normalized spacial score (nSPS) is 32.7. The van der Waals surface area contributed by atoms with Gasteiger partial charge in [-0.3, -0.25) is 14.4 Å². The number of hydrogen-bond donors (Lipinski definition) is 2. The van der Waals surface area contributed by atoms with Gasteiger partial charge in [-0.15, -0.1) is 0 Å². The number of piperidine rings is 1. The van der Waals surface area contributed by atoms with Crippen molar-refractivity contribution in [3.8, 4) is 0 Å². The van der Waals surface area contributed by atoms with Crippen molar-refractivity contribution in [1.82, 2.24) is 10.2 Å². The van der Waals surface area contributed by atoms with Crippen LogP contribution in [0.15, 0.2) is 0 Å². The van der Waals surface area contributed by atoms with Gasteiger partial charge >= 0.3 is 12.1 Å². The van der Waals surface area contributed by atoms with Gasteiger partial charge in [-0.25, -0.2) is 0 Å². The van der Waals surface area contributed by atoms with Crippen molar-refractivity contribution in [3.05, 3.63) is 0 Å². The van der Waals surface area contributed by atoms with Gasteiger partial charge in [-0.1, -0.05) is 13.8 Å². The summed E-state index contributed by atoms with van der Waals surface area (Å²) < 4.78 is 44.8. The number of nitrogens with one attached hydrogen (secondary N) is 1. The van der Waals surface area contributed by atoms with E-state index in [2.05, 4.69) is 0 Å². The first-order chi connectivity index (χ1) is 13.8. The minimum Gasteiger partial charge on any atom is -0.369 e. The Kier molecular flexibility index (Phi) is 4.69. The fourth-order valence-corrected chi connectivity index (χ4v) is 5.41. The van der Waals surface area contributed by atoms with E-state index in [1.807, 2.05) is 19.2 Å². The van der Waals surface area contributed by atoms with Gasteiger partial charge in [-0.05, 0) is 55.8 Å². The molecule has 1 saturated heterocycles. The van der Waals surface area contributed by atoms with Gasteiger partial charge in [0.2, 0.25) is 11.8 Å². The van der Waals surface area contributed by atoms with Crippen LogP contribution in [0.3, 0.4) is 0 Å². The summed E-state index contributed by atoms with van der Waals surface area (Å²) in [7, 11) is 0. The molecular weight excluding hydrogens is 403 g/mol. The molecule has 30 heavy (non-hydrogen) atoms. The molecule has 1 aliphatic heterocycles. The molecule has 7 nitrogen and oxygen atoms in total. The second-order valence-electron chi connectivity index (χ2n) is 9.90. The number of carbonyl (C=O) groups is 3. The van der Waals surface area contributed by atoms with Gasteiger partial charge in [-0.2, -0.15) is 13.2 Å². The van der Waals surface area contributed by atoms with Crippen molar-refractivity contribution >= 4 is 17.7 Å². The minimum atomic E-state index is -5.13. The molecule has 0 aromatic carbocycles. The molecule has 3 N–H and O–H groups in total. The average molecular weight is 431 g/mol. The highest BCUT2D eigenvalue weighted by Gasteiger charge is 2.69. The van der Waals surface area contributed by atoms with E-state index in [-0.39, 0.29) is 23.8 Å². The number of hydrogen-bond acceptors (Lipinski definition) is 4. The predicted molar refractivity (Wildman–Crippen MR) is 98.7 cm³/mol. The quantitative estimate of drug-likeness (QED) is 0.635. The Balaban J connectivity index is 1.54. The zero-order chi connectivity index (χ0) is 22.2. The Morgan fingerprint density at radius 3 is 2.27 bits per heavy atom. The average Bonchev–Trinajstić information content (AvgIpc) is 3.55. The molecule has 3 amide bonds. The maximum atomic E-state index is 13.3. The molecule has 0 aromatic rings. The highest BCUT2D eigenvalue weighted by Crippen LogP contribution is 2.65. The van der Waals surface area contributed by atoms with Crippen LogP contribution in [-0.4, -0.2) is 59.1 Å². The van der Waals surface area contributed by atoms with Crippen LogP contribution in [-0.2, 0) is 19.1 Å². The van der Waals surface area contributed by atoms with Crippen LogP contribution >= 0.6 is 0 Å². The smallest absolute Gasteiger partial charge is 0.369 e. The summed E-state index contributed by atoms with van der Waals surface area (Å²) >= 11 is 0. The number of primary amides is 1. The number of alkyl halides is 3. The molecule has 1 heterocycles. The summed E-state index contributed by atoms with van der Waals surface area (Å²) in [4.78, 5) is 38.3. The Morgan fingerprint density at radius 2 is 1.80 bits per heavy atom. The first-order valence-electron chi connectivity index (χ1n) is 10.4. The highest BCUT2D eigenvalue weighted by atomic mass is 19.4. The first-order valence-corrected chi connectivity index (χ1v) is 10.4. The van der Waals surface area contributed by atoms with Crippen LogP contribution in [0, 0.1) is 23.2 Å². The molecule has 4 rings (SSSR count). The van der Waals surface area contributed by atoms with Gasteiger partial charge in [0.15, 0.2) is 0 Å². The lowest BCUT2D eigenvalue weighted by Gasteiger charge is -2.35. The van der Waals surface area contributed by atoms with Crippen LogP contribution in [0.1, 0.15) is 46.5 Å². The molecule has 0 spiro atoms. The number of halogens is 3. The van der Waals surface area contributed by atoms with Gasteiger partial charge in [0.25, 0.3) is 0 Å². The van der Waals surface area contributed by atoms with E-state index >= 15 is 0 Å². The van der Waals surface area contributed by atoms with E-state index in [4.69, 9.17) is 10.5 Å². The van der Waals surface area contributed by atoms with Crippen molar-refractivity contribution in [3.63, 3.8) is 0 Å². The van der Waals surface area contributed by atoms with E-state index < -0.39 is 47.7 Å². The van der Waals surface area contributed by atoms with Crippen LogP contribution in [0.4, 0.5) is 13.2 Å². The van der Waals surface area contributed by atoms with E-state index in [0.29, 0.717) is 5.92 Å². The van der Waals surface area contributed by atoms with Crippen LogP contribution in [0.5, 0.6) is 0 Å². The zero-order valence-electron chi connectivity index (χ0n) is 17.3. The van der Waals surface area contributed by atoms with E-state index in [9.17, 15) is 27.6 Å². The van der Waals surface area contributed by atoms with Crippen molar-refractivity contribution in [1.29, 1.82) is 0 Å². The molecule has 3 unspecified atom stereocenters. The summed E-state index contributed by atoms with van der Waals surface area (Å²) in [5, 5.41) is 1.82. The molecule has 3 aliphatic carbocycles. The van der Waals surface area contributed by atoms with Gasteiger partial charge < -0.3 is 20.7 Å². The van der Waals surface area contributed by atoms with Gasteiger partial charge in [0.05, 0.1) is 11.7 Å². The lowest BCUT2D eigenvalue weighted by Crippen LogP contribution is -2.60. The Labute approximate surface area is 172 Å². The zero-order valence-corrected chi connectivity index (χ0v) is 17.3. The van der Waals surface area contributed by atoms with Gasteiger partial charge in [0, 0.05) is 6.54 Å². The third kappa shape index (κ3) is 3.46. The topological polar surface area (TPSA) is 102 Å². The van der Waals surface area contributed by atoms with Crippen molar-refractivity contribution in [2.75, 3.05) is 6.54 Å². The fourth-order valence-electron chi connectivity index (χ4n) is 5.41. The second-order valence-corrected chi connectivity index (χ2v) is 9.90. The lowest BCUT2D eigenvalue weighted by atomic mass is 9.99. The summed E-state index contributed by atoms with van der Waals surface area (Å²) in [5.41, 5.74) is 4.98. The summed E-state index contributed by atoms with van der Waals surface area (Å²) in [6.07, 6.45) is -2.53. The number of likely N-dealkylation sites (tertiary alicyclic amines) is 1. The molecule has 4 aliphatic rings. The van der Waals surface area contributed by atoms with E-state index in [0.717, 1.165) is 25.7 Å².